The van der Waals surface area contributed by atoms with Crippen LogP contribution in [0.15, 0.2) is 59.6 Å². The third-order valence-corrected chi connectivity index (χ3v) is 5.04. The van der Waals surface area contributed by atoms with Crippen molar-refractivity contribution in [3.05, 3.63) is 65.7 Å². The van der Waals surface area contributed by atoms with Crippen LogP contribution in [0.5, 0.6) is 0 Å². The minimum Gasteiger partial charge on any atom is -0.356 e. The molecule has 1 amide bonds. The number of aliphatic imine (C=N–C) groups is 1. The Morgan fingerprint density at radius 1 is 1.04 bits per heavy atom. The number of benzene rings is 2. The highest BCUT2D eigenvalue weighted by atomic mass is 16.1. The van der Waals surface area contributed by atoms with Crippen molar-refractivity contribution in [3.63, 3.8) is 0 Å². The second kappa shape index (κ2) is 8.71. The summed E-state index contributed by atoms with van der Waals surface area (Å²) < 4.78 is 0. The van der Waals surface area contributed by atoms with Crippen LogP contribution >= 0.6 is 0 Å². The van der Waals surface area contributed by atoms with Gasteiger partial charge < -0.3 is 16.0 Å². The van der Waals surface area contributed by atoms with E-state index in [0.717, 1.165) is 31.2 Å². The maximum absolute atomic E-state index is 11.1. The van der Waals surface area contributed by atoms with Crippen LogP contribution < -0.4 is 16.0 Å². The molecule has 0 aromatic heterocycles. The topological polar surface area (TPSA) is 65.5 Å². The molecule has 0 unspecified atom stereocenters. The molecule has 142 valence electrons. The van der Waals surface area contributed by atoms with Crippen molar-refractivity contribution in [2.45, 2.75) is 31.6 Å². The molecule has 3 rings (SSSR count). The number of anilines is 1. The lowest BCUT2D eigenvalue weighted by atomic mass is 9.96. The quantitative estimate of drug-likeness (QED) is 0.522. The first-order chi connectivity index (χ1) is 13.1. The molecule has 1 fully saturated rings. The summed E-state index contributed by atoms with van der Waals surface area (Å²) in [5.41, 5.74) is 3.72. The van der Waals surface area contributed by atoms with E-state index >= 15 is 0 Å². The number of rotatable bonds is 7. The summed E-state index contributed by atoms with van der Waals surface area (Å²) in [6.07, 6.45) is 3.34. The first-order valence-electron chi connectivity index (χ1n) is 9.48. The number of guanidine groups is 1. The molecule has 0 aliphatic heterocycles. The highest BCUT2D eigenvalue weighted by Gasteiger charge is 2.43. The van der Waals surface area contributed by atoms with E-state index in [2.05, 4.69) is 51.3 Å². The first kappa shape index (κ1) is 19.0. The Balaban J connectivity index is 1.44. The van der Waals surface area contributed by atoms with Gasteiger partial charge in [-0.1, -0.05) is 42.5 Å². The predicted molar refractivity (Wildman–Crippen MR) is 111 cm³/mol. The molecule has 0 radical (unpaired) electrons. The van der Waals surface area contributed by atoms with Crippen LogP contribution in [0, 0.1) is 0 Å². The lowest BCUT2D eigenvalue weighted by molar-refractivity contribution is -0.114. The number of nitrogens with zero attached hydrogens (tertiary/aromatic N) is 1. The lowest BCUT2D eigenvalue weighted by Gasteiger charge is -2.19. The van der Waals surface area contributed by atoms with Gasteiger partial charge in [0.25, 0.3) is 0 Å². The lowest BCUT2D eigenvalue weighted by Crippen LogP contribution is -2.41. The molecule has 0 saturated heterocycles. The summed E-state index contributed by atoms with van der Waals surface area (Å²) in [6, 6.07) is 18.7. The highest BCUT2D eigenvalue weighted by molar-refractivity contribution is 5.88. The van der Waals surface area contributed by atoms with Crippen molar-refractivity contribution < 1.29 is 4.79 Å². The average molecular weight is 364 g/mol. The van der Waals surface area contributed by atoms with Crippen molar-refractivity contribution in [1.29, 1.82) is 0 Å². The normalized spacial score (nSPS) is 15.1. The third-order valence-electron chi connectivity index (χ3n) is 5.04. The Hall–Kier alpha value is -2.82. The molecule has 2 aromatic carbocycles. The van der Waals surface area contributed by atoms with Gasteiger partial charge in [-0.15, -0.1) is 0 Å². The van der Waals surface area contributed by atoms with E-state index in [1.165, 1.54) is 30.9 Å². The van der Waals surface area contributed by atoms with Crippen LogP contribution in [0.25, 0.3) is 0 Å². The summed E-state index contributed by atoms with van der Waals surface area (Å²) in [6.45, 7) is 3.22. The summed E-state index contributed by atoms with van der Waals surface area (Å²) in [5, 5.41) is 9.65. The summed E-state index contributed by atoms with van der Waals surface area (Å²) in [7, 11) is 1.81. The van der Waals surface area contributed by atoms with Gasteiger partial charge in [0.15, 0.2) is 5.96 Å². The van der Waals surface area contributed by atoms with Crippen molar-refractivity contribution in [2.24, 2.45) is 4.99 Å². The van der Waals surface area contributed by atoms with Gasteiger partial charge in [0, 0.05) is 38.2 Å². The van der Waals surface area contributed by atoms with E-state index in [9.17, 15) is 4.79 Å². The van der Waals surface area contributed by atoms with E-state index in [0.29, 0.717) is 0 Å². The molecular weight excluding hydrogens is 336 g/mol. The van der Waals surface area contributed by atoms with Crippen LogP contribution in [0.4, 0.5) is 5.69 Å². The number of nitrogens with one attached hydrogen (secondary N) is 3. The minimum absolute atomic E-state index is 0.0526. The number of amides is 1. The minimum atomic E-state index is -0.0526. The molecule has 3 N–H and O–H groups in total. The zero-order valence-corrected chi connectivity index (χ0v) is 16.1. The smallest absolute Gasteiger partial charge is 0.221 e. The Kier molecular flexibility index (Phi) is 6.12. The Morgan fingerprint density at radius 3 is 2.33 bits per heavy atom. The van der Waals surface area contributed by atoms with E-state index in [1.54, 1.807) is 7.05 Å². The number of carbonyl (C=O) groups excluding carboxylic acids is 1. The molecule has 5 heteroatoms. The highest BCUT2D eigenvalue weighted by Crippen LogP contribution is 2.47. The van der Waals surface area contributed by atoms with Gasteiger partial charge in [0.1, 0.15) is 0 Å². The summed E-state index contributed by atoms with van der Waals surface area (Å²) in [4.78, 5) is 15.4. The molecule has 1 aliphatic rings. The molecule has 0 atom stereocenters. The average Bonchev–Trinajstić information content (AvgIpc) is 3.47. The van der Waals surface area contributed by atoms with Crippen molar-refractivity contribution in [2.75, 3.05) is 25.5 Å². The van der Waals surface area contributed by atoms with E-state index in [4.69, 9.17) is 0 Å². The standard InChI is InChI=1S/C22H28N4O/c1-17(27)26-20-10-8-18(9-11-20)12-15-24-21(23-2)25-16-22(13-14-22)19-6-4-3-5-7-19/h3-11H,12-16H2,1-2H3,(H,26,27)(H2,23,24,25). The van der Waals surface area contributed by atoms with Crippen LogP contribution in [0.3, 0.4) is 0 Å². The molecule has 0 heterocycles. The number of carbonyl (C=O) groups is 1. The Morgan fingerprint density at radius 2 is 1.74 bits per heavy atom. The van der Waals surface area contributed by atoms with Gasteiger partial charge in [0.05, 0.1) is 0 Å². The number of hydrogen-bond acceptors (Lipinski definition) is 2. The Bertz CT molecular complexity index is 780. The van der Waals surface area contributed by atoms with E-state index in [-0.39, 0.29) is 11.3 Å². The molecule has 0 bridgehead atoms. The van der Waals surface area contributed by atoms with E-state index < -0.39 is 0 Å². The van der Waals surface area contributed by atoms with Crippen LogP contribution in [0.2, 0.25) is 0 Å². The fourth-order valence-corrected chi connectivity index (χ4v) is 3.27. The van der Waals surface area contributed by atoms with Gasteiger partial charge >= 0.3 is 0 Å². The third kappa shape index (κ3) is 5.33. The second-order valence-corrected chi connectivity index (χ2v) is 7.13. The maximum atomic E-state index is 11.1. The first-order valence-corrected chi connectivity index (χ1v) is 9.48. The van der Waals surface area contributed by atoms with Crippen LogP contribution in [0.1, 0.15) is 30.9 Å². The summed E-state index contributed by atoms with van der Waals surface area (Å²) in [5.74, 6) is 0.787. The molecule has 1 aliphatic carbocycles. The van der Waals surface area contributed by atoms with Crippen molar-refractivity contribution in [3.8, 4) is 0 Å². The molecule has 0 spiro atoms. The predicted octanol–water partition coefficient (Wildman–Crippen LogP) is 3.08. The fourth-order valence-electron chi connectivity index (χ4n) is 3.27. The van der Waals surface area contributed by atoms with E-state index in [1.807, 2.05) is 24.3 Å². The SMILES string of the molecule is CN=C(NCCc1ccc(NC(C)=O)cc1)NCC1(c2ccccc2)CC1. The molecule has 2 aromatic rings. The van der Waals surface area contributed by atoms with Gasteiger partial charge in [-0.05, 0) is 42.5 Å². The fraction of sp³-hybridized carbons (Fsp3) is 0.364. The van der Waals surface area contributed by atoms with Crippen LogP contribution in [-0.4, -0.2) is 32.0 Å². The largest absolute Gasteiger partial charge is 0.356 e. The van der Waals surface area contributed by atoms with Crippen molar-refractivity contribution in [1.82, 2.24) is 10.6 Å². The molecule has 27 heavy (non-hydrogen) atoms. The van der Waals surface area contributed by atoms with Crippen molar-refractivity contribution >= 4 is 17.6 Å². The van der Waals surface area contributed by atoms with Gasteiger partial charge in [-0.3, -0.25) is 9.79 Å². The molecule has 1 saturated carbocycles. The zero-order chi connectivity index (χ0) is 19.1. The summed E-state index contributed by atoms with van der Waals surface area (Å²) >= 11 is 0. The molecular formula is C22H28N4O. The second-order valence-electron chi connectivity index (χ2n) is 7.13. The van der Waals surface area contributed by atoms with Gasteiger partial charge in [0.2, 0.25) is 5.91 Å². The number of hydrogen-bond donors (Lipinski definition) is 3. The van der Waals surface area contributed by atoms with Gasteiger partial charge in [-0.2, -0.15) is 0 Å². The molecule has 5 nitrogen and oxygen atoms in total. The van der Waals surface area contributed by atoms with Crippen LogP contribution in [-0.2, 0) is 16.6 Å². The Labute approximate surface area is 161 Å². The maximum Gasteiger partial charge on any atom is 0.221 e. The van der Waals surface area contributed by atoms with Gasteiger partial charge in [-0.25, -0.2) is 0 Å². The monoisotopic (exact) mass is 364 g/mol. The zero-order valence-electron chi connectivity index (χ0n) is 16.1.